The number of likely N-dealkylation sites (N-methyl/N-ethyl adjacent to an activating group) is 1. The van der Waals surface area contributed by atoms with Gasteiger partial charge in [0.1, 0.15) is 5.65 Å². The van der Waals surface area contributed by atoms with Crippen molar-refractivity contribution in [3.8, 4) is 0 Å². The molecule has 1 aromatic carbocycles. The highest BCUT2D eigenvalue weighted by molar-refractivity contribution is 6.14. The van der Waals surface area contributed by atoms with Crippen LogP contribution in [0.5, 0.6) is 0 Å². The number of ether oxygens (including phenoxy) is 1. The Labute approximate surface area is 193 Å². The second-order valence-electron chi connectivity index (χ2n) is 8.17. The number of alkyl halides is 3. The zero-order valence-corrected chi connectivity index (χ0v) is 18.7. The van der Waals surface area contributed by atoms with Crippen molar-refractivity contribution >= 4 is 28.6 Å². The molecule has 1 aliphatic heterocycles. The van der Waals surface area contributed by atoms with Crippen LogP contribution < -0.4 is 5.32 Å². The summed E-state index contributed by atoms with van der Waals surface area (Å²) in [6.07, 6.45) is -3.12. The molecule has 1 aliphatic rings. The van der Waals surface area contributed by atoms with Crippen LogP contribution in [0.4, 0.5) is 18.9 Å². The zero-order chi connectivity index (χ0) is 24.5. The first-order chi connectivity index (χ1) is 16.2. The van der Waals surface area contributed by atoms with Crippen molar-refractivity contribution in [3.05, 3.63) is 58.9 Å². The molecule has 3 heterocycles. The molecule has 8 nitrogen and oxygen atoms in total. The smallest absolute Gasteiger partial charge is 0.416 e. The third-order valence-corrected chi connectivity index (χ3v) is 5.87. The minimum absolute atomic E-state index is 0.0488. The number of amides is 1. The number of benzene rings is 1. The normalized spacial score (nSPS) is 15.4. The Bertz CT molecular complexity index is 1220. The van der Waals surface area contributed by atoms with Gasteiger partial charge >= 0.3 is 12.1 Å². The largest absolute Gasteiger partial charge is 0.464 e. The molecule has 0 spiro atoms. The molecule has 2 aromatic heterocycles. The van der Waals surface area contributed by atoms with E-state index < -0.39 is 23.6 Å². The van der Waals surface area contributed by atoms with E-state index in [9.17, 15) is 22.8 Å². The van der Waals surface area contributed by atoms with Crippen LogP contribution in [0, 0.1) is 0 Å². The van der Waals surface area contributed by atoms with Gasteiger partial charge in [-0.2, -0.15) is 13.2 Å². The molecule has 1 fully saturated rings. The van der Waals surface area contributed by atoms with Gasteiger partial charge in [-0.1, -0.05) is 6.07 Å². The summed E-state index contributed by atoms with van der Waals surface area (Å²) in [5, 5.41) is 2.98. The van der Waals surface area contributed by atoms with Crippen molar-refractivity contribution in [2.24, 2.45) is 0 Å². The van der Waals surface area contributed by atoms with E-state index in [0.29, 0.717) is 24.1 Å². The lowest BCUT2D eigenvalue weighted by atomic mass is 10.0. The summed E-state index contributed by atoms with van der Waals surface area (Å²) in [7, 11) is 3.16. The molecule has 34 heavy (non-hydrogen) atoms. The van der Waals surface area contributed by atoms with Crippen LogP contribution in [-0.4, -0.2) is 72.0 Å². The van der Waals surface area contributed by atoms with E-state index >= 15 is 0 Å². The van der Waals surface area contributed by atoms with Gasteiger partial charge in [-0.15, -0.1) is 0 Å². The van der Waals surface area contributed by atoms with Crippen LogP contribution in [0.2, 0.25) is 0 Å². The maximum atomic E-state index is 13.9. The lowest BCUT2D eigenvalue weighted by Gasteiger charge is -2.33. The highest BCUT2D eigenvalue weighted by Crippen LogP contribution is 2.34. The van der Waals surface area contributed by atoms with Gasteiger partial charge in [-0.25, -0.2) is 9.78 Å². The number of pyridine rings is 1. The first-order valence-electron chi connectivity index (χ1n) is 10.6. The maximum absolute atomic E-state index is 13.9. The van der Waals surface area contributed by atoms with Crippen LogP contribution in [0.15, 0.2) is 36.5 Å². The molecule has 0 radical (unpaired) electrons. The van der Waals surface area contributed by atoms with Gasteiger partial charge in [-0.05, 0) is 36.9 Å². The fraction of sp³-hybridized carbons (Fsp3) is 0.348. The Kier molecular flexibility index (Phi) is 6.58. The third-order valence-electron chi connectivity index (χ3n) is 5.87. The van der Waals surface area contributed by atoms with Crippen molar-refractivity contribution in [1.82, 2.24) is 19.8 Å². The molecule has 4 rings (SSSR count). The predicted molar refractivity (Wildman–Crippen MR) is 120 cm³/mol. The number of carbonyl (C=O) groups excluding carboxylic acids is 2. The number of H-pyrrole nitrogens is 1. The molecule has 0 saturated carbocycles. The monoisotopic (exact) mass is 475 g/mol. The van der Waals surface area contributed by atoms with E-state index in [-0.39, 0.29) is 29.1 Å². The molecule has 3 aromatic rings. The Morgan fingerprint density at radius 2 is 1.91 bits per heavy atom. The number of nitrogens with zero attached hydrogens (tertiary/aromatic N) is 3. The molecule has 11 heteroatoms. The van der Waals surface area contributed by atoms with Gasteiger partial charge in [0.2, 0.25) is 0 Å². The van der Waals surface area contributed by atoms with Gasteiger partial charge in [0.25, 0.3) is 5.91 Å². The third kappa shape index (κ3) is 4.90. The summed E-state index contributed by atoms with van der Waals surface area (Å²) in [5.74, 6) is -1.53. The van der Waals surface area contributed by atoms with E-state index in [0.717, 1.165) is 19.2 Å². The van der Waals surface area contributed by atoms with Crippen LogP contribution in [0.3, 0.4) is 0 Å². The van der Waals surface area contributed by atoms with Crippen LogP contribution in [-0.2, 0) is 17.5 Å². The summed E-state index contributed by atoms with van der Waals surface area (Å²) in [6, 6.07) is 6.80. The number of nitrogens with one attached hydrogen (secondary N) is 2. The lowest BCUT2D eigenvalue weighted by Crippen LogP contribution is -2.44. The Hall–Kier alpha value is -3.44. The lowest BCUT2D eigenvalue weighted by molar-refractivity contribution is -0.138. The van der Waals surface area contributed by atoms with Crippen molar-refractivity contribution in [2.75, 3.05) is 45.7 Å². The number of rotatable bonds is 5. The number of halogens is 3. The SMILES string of the molecule is COC(=O)c1[nH]c2ncccc2c1NC(=O)c1ccc(CN2CCN(C)CC2)c(C(F)(F)F)c1. The van der Waals surface area contributed by atoms with Crippen molar-refractivity contribution < 1.29 is 27.5 Å². The Balaban J connectivity index is 1.64. The van der Waals surface area contributed by atoms with Crippen LogP contribution >= 0.6 is 0 Å². The van der Waals surface area contributed by atoms with Crippen molar-refractivity contribution in [2.45, 2.75) is 12.7 Å². The Morgan fingerprint density at radius 1 is 1.18 bits per heavy atom. The molecule has 1 amide bonds. The van der Waals surface area contributed by atoms with Gasteiger partial charge in [0.05, 0.1) is 18.4 Å². The highest BCUT2D eigenvalue weighted by atomic mass is 19.4. The van der Waals surface area contributed by atoms with Crippen molar-refractivity contribution in [1.29, 1.82) is 0 Å². The fourth-order valence-electron chi connectivity index (χ4n) is 3.96. The second-order valence-corrected chi connectivity index (χ2v) is 8.17. The molecule has 1 saturated heterocycles. The summed E-state index contributed by atoms with van der Waals surface area (Å²) in [4.78, 5) is 36.1. The maximum Gasteiger partial charge on any atom is 0.416 e. The molecule has 0 unspecified atom stereocenters. The predicted octanol–water partition coefficient (Wildman–Crippen LogP) is 3.37. The average molecular weight is 475 g/mol. The minimum atomic E-state index is -4.62. The van der Waals surface area contributed by atoms with Gasteiger partial charge in [-0.3, -0.25) is 9.69 Å². The summed E-state index contributed by atoms with van der Waals surface area (Å²) >= 11 is 0. The van der Waals surface area contributed by atoms with E-state index in [4.69, 9.17) is 4.74 Å². The number of hydrogen-bond acceptors (Lipinski definition) is 6. The topological polar surface area (TPSA) is 90.6 Å². The molecular weight excluding hydrogens is 451 g/mol. The number of aromatic nitrogens is 2. The number of anilines is 1. The van der Waals surface area contributed by atoms with E-state index in [1.807, 2.05) is 11.9 Å². The van der Waals surface area contributed by atoms with Gasteiger partial charge in [0.15, 0.2) is 5.69 Å². The highest BCUT2D eigenvalue weighted by Gasteiger charge is 2.35. The summed E-state index contributed by atoms with van der Waals surface area (Å²) in [6.45, 7) is 3.04. The van der Waals surface area contributed by atoms with Crippen LogP contribution in [0.25, 0.3) is 11.0 Å². The number of piperazine rings is 1. The molecular formula is C23H24F3N5O3. The molecule has 180 valence electrons. The van der Waals surface area contributed by atoms with E-state index in [1.165, 1.54) is 25.4 Å². The standard InChI is InChI=1S/C23H24F3N5O3/c1-30-8-10-31(11-9-30)13-15-6-5-14(12-17(15)23(24,25)26)21(32)29-18-16-4-3-7-27-20(16)28-19(18)22(33)34-2/h3-7,12H,8-11,13H2,1-2H3,(H,27,28)(H,29,32). The number of methoxy groups -OCH3 is 1. The minimum Gasteiger partial charge on any atom is -0.464 e. The molecule has 0 aliphatic carbocycles. The number of aromatic amines is 1. The fourth-order valence-corrected chi connectivity index (χ4v) is 3.96. The molecule has 0 bridgehead atoms. The summed E-state index contributed by atoms with van der Waals surface area (Å²) < 4.78 is 46.4. The van der Waals surface area contributed by atoms with Crippen molar-refractivity contribution in [3.63, 3.8) is 0 Å². The molecule has 0 atom stereocenters. The number of fused-ring (bicyclic) bond motifs is 1. The number of esters is 1. The first kappa shape index (κ1) is 23.7. The van der Waals surface area contributed by atoms with Gasteiger partial charge < -0.3 is 19.9 Å². The number of carbonyl (C=O) groups is 2. The second kappa shape index (κ2) is 9.43. The van der Waals surface area contributed by atoms with Gasteiger partial charge in [0, 0.05) is 49.9 Å². The average Bonchev–Trinajstić information content (AvgIpc) is 3.18. The number of hydrogen-bond donors (Lipinski definition) is 2. The van der Waals surface area contributed by atoms with Crippen LogP contribution in [0.1, 0.15) is 32.0 Å². The van der Waals surface area contributed by atoms with E-state index in [1.54, 1.807) is 12.1 Å². The Morgan fingerprint density at radius 3 is 2.59 bits per heavy atom. The summed E-state index contributed by atoms with van der Waals surface area (Å²) in [5.41, 5.74) is -0.546. The molecule has 2 N–H and O–H groups in total. The quantitative estimate of drug-likeness (QED) is 0.550. The zero-order valence-electron chi connectivity index (χ0n) is 18.7. The first-order valence-corrected chi connectivity index (χ1v) is 10.6. The van der Waals surface area contributed by atoms with E-state index in [2.05, 4.69) is 20.2 Å².